The first-order valence-electron chi connectivity index (χ1n) is 7.26. The number of aromatic nitrogens is 2. The molecule has 0 aliphatic rings. The number of carbonyl (C=O) groups excluding carboxylic acids is 1. The molecule has 0 unspecified atom stereocenters. The van der Waals surface area contributed by atoms with Crippen LogP contribution in [0.1, 0.15) is 22.3 Å². The van der Waals surface area contributed by atoms with Crippen LogP contribution >= 0.6 is 11.3 Å². The Morgan fingerprint density at radius 2 is 2.12 bits per heavy atom. The maximum atomic E-state index is 12.2. The van der Waals surface area contributed by atoms with E-state index >= 15 is 0 Å². The number of methoxy groups -OCH3 is 1. The van der Waals surface area contributed by atoms with Crippen molar-refractivity contribution in [3.63, 3.8) is 0 Å². The molecule has 2 N–H and O–H groups in total. The largest absolute Gasteiger partial charge is 0.496 e. The molecule has 0 saturated heterocycles. The van der Waals surface area contributed by atoms with Gasteiger partial charge in [-0.2, -0.15) is 10.2 Å². The molecular weight excluding hydrogens is 324 g/mol. The Morgan fingerprint density at radius 3 is 2.88 bits per heavy atom. The lowest BCUT2D eigenvalue weighted by Gasteiger charge is -2.04. The summed E-state index contributed by atoms with van der Waals surface area (Å²) in [6, 6.07) is 13.1. The number of thiophene rings is 1. The van der Waals surface area contributed by atoms with Gasteiger partial charge in [0.25, 0.3) is 5.91 Å². The third-order valence-electron chi connectivity index (χ3n) is 3.41. The maximum Gasteiger partial charge on any atom is 0.289 e. The topological polar surface area (TPSA) is 79.4 Å². The van der Waals surface area contributed by atoms with E-state index in [1.165, 1.54) is 0 Å². The second-order valence-corrected chi connectivity index (χ2v) is 5.93. The van der Waals surface area contributed by atoms with Gasteiger partial charge in [0.05, 0.1) is 18.5 Å². The minimum atomic E-state index is -0.348. The van der Waals surface area contributed by atoms with E-state index in [9.17, 15) is 4.79 Å². The number of para-hydroxylation sites is 1. The first kappa shape index (κ1) is 15.9. The van der Waals surface area contributed by atoms with E-state index in [4.69, 9.17) is 4.74 Å². The molecule has 0 aliphatic heterocycles. The van der Waals surface area contributed by atoms with Crippen molar-refractivity contribution in [1.82, 2.24) is 15.6 Å². The van der Waals surface area contributed by atoms with Crippen molar-refractivity contribution in [1.29, 1.82) is 0 Å². The number of nitrogens with zero attached hydrogens (tertiary/aromatic N) is 2. The van der Waals surface area contributed by atoms with Gasteiger partial charge in [0.1, 0.15) is 11.4 Å². The molecule has 0 aliphatic carbocycles. The van der Waals surface area contributed by atoms with Crippen LogP contribution in [-0.4, -0.2) is 28.9 Å². The van der Waals surface area contributed by atoms with E-state index in [2.05, 4.69) is 20.7 Å². The second-order valence-electron chi connectivity index (χ2n) is 4.98. The lowest BCUT2D eigenvalue weighted by atomic mass is 10.1. The summed E-state index contributed by atoms with van der Waals surface area (Å²) < 4.78 is 5.31. The molecule has 0 fully saturated rings. The van der Waals surface area contributed by atoms with Crippen molar-refractivity contribution in [3.8, 4) is 17.0 Å². The molecule has 7 heteroatoms. The van der Waals surface area contributed by atoms with Gasteiger partial charge in [0, 0.05) is 10.4 Å². The fraction of sp³-hybridized carbons (Fsp3) is 0.118. The Balaban J connectivity index is 1.76. The number of H-pyrrole nitrogens is 1. The first-order valence-corrected chi connectivity index (χ1v) is 8.14. The van der Waals surface area contributed by atoms with Gasteiger partial charge in [0.15, 0.2) is 0 Å². The molecule has 2 heterocycles. The van der Waals surface area contributed by atoms with Crippen LogP contribution in [0, 0.1) is 0 Å². The summed E-state index contributed by atoms with van der Waals surface area (Å²) in [6.45, 7) is 1.85. The molecule has 0 spiro atoms. The summed E-state index contributed by atoms with van der Waals surface area (Å²) in [6.07, 6.45) is 0. The Morgan fingerprint density at radius 1 is 1.29 bits per heavy atom. The lowest BCUT2D eigenvalue weighted by Crippen LogP contribution is -2.19. The number of nitrogens with one attached hydrogen (secondary N) is 2. The molecule has 0 saturated carbocycles. The number of hydrogen-bond acceptors (Lipinski definition) is 5. The maximum absolute atomic E-state index is 12.2. The van der Waals surface area contributed by atoms with Gasteiger partial charge in [-0.15, -0.1) is 11.3 Å². The fourth-order valence-corrected chi connectivity index (χ4v) is 2.84. The zero-order valence-corrected chi connectivity index (χ0v) is 14.1. The molecule has 0 bridgehead atoms. The molecule has 3 aromatic rings. The summed E-state index contributed by atoms with van der Waals surface area (Å²) in [5.41, 5.74) is 5.07. The van der Waals surface area contributed by atoms with Gasteiger partial charge in [0.2, 0.25) is 0 Å². The van der Waals surface area contributed by atoms with E-state index in [0.717, 1.165) is 16.2 Å². The Bertz CT molecular complexity index is 868. The summed E-state index contributed by atoms with van der Waals surface area (Å²) >= 11 is 1.57. The number of hydrazone groups is 1. The molecule has 6 nitrogen and oxygen atoms in total. The van der Waals surface area contributed by atoms with Crippen molar-refractivity contribution < 1.29 is 9.53 Å². The molecule has 1 aromatic carbocycles. The minimum Gasteiger partial charge on any atom is -0.496 e. The highest BCUT2D eigenvalue weighted by molar-refractivity contribution is 7.12. The van der Waals surface area contributed by atoms with Crippen LogP contribution in [0.2, 0.25) is 0 Å². The van der Waals surface area contributed by atoms with Crippen molar-refractivity contribution in [2.45, 2.75) is 6.92 Å². The number of hydrogen-bond donors (Lipinski definition) is 2. The monoisotopic (exact) mass is 340 g/mol. The molecule has 1 amide bonds. The molecule has 3 rings (SSSR count). The summed E-state index contributed by atoms with van der Waals surface area (Å²) in [5.74, 6) is 0.349. The first-order chi connectivity index (χ1) is 11.7. The fourth-order valence-electron chi connectivity index (χ4n) is 2.17. The minimum absolute atomic E-state index is 0.332. The Kier molecular flexibility index (Phi) is 4.72. The molecule has 24 heavy (non-hydrogen) atoms. The van der Waals surface area contributed by atoms with E-state index in [1.807, 2.05) is 48.7 Å². The van der Waals surface area contributed by atoms with Crippen LogP contribution in [0.5, 0.6) is 5.75 Å². The molecule has 122 valence electrons. The number of carbonyl (C=O) groups is 1. The zero-order chi connectivity index (χ0) is 16.9. The van der Waals surface area contributed by atoms with E-state index in [0.29, 0.717) is 17.1 Å². The van der Waals surface area contributed by atoms with Crippen LogP contribution in [-0.2, 0) is 0 Å². The van der Waals surface area contributed by atoms with Gasteiger partial charge in [-0.3, -0.25) is 9.89 Å². The quantitative estimate of drug-likeness (QED) is 0.552. The van der Waals surface area contributed by atoms with Crippen LogP contribution in [0.4, 0.5) is 0 Å². The van der Waals surface area contributed by atoms with Crippen molar-refractivity contribution in [2.75, 3.05) is 7.11 Å². The average Bonchev–Trinajstić information content (AvgIpc) is 3.30. The molecule has 0 atom stereocenters. The second kappa shape index (κ2) is 7.10. The highest BCUT2D eigenvalue weighted by atomic mass is 32.1. The van der Waals surface area contributed by atoms with Crippen molar-refractivity contribution in [2.24, 2.45) is 5.10 Å². The normalized spacial score (nSPS) is 11.3. The number of rotatable bonds is 5. The van der Waals surface area contributed by atoms with Crippen molar-refractivity contribution >= 4 is 23.0 Å². The summed E-state index contributed by atoms with van der Waals surface area (Å²) in [5, 5.41) is 13.0. The number of ether oxygens (including phenoxy) is 1. The Labute approximate surface area is 143 Å². The molecule has 2 aromatic heterocycles. The summed E-state index contributed by atoms with van der Waals surface area (Å²) in [4.78, 5) is 13.2. The van der Waals surface area contributed by atoms with Crippen molar-refractivity contribution in [3.05, 3.63) is 58.4 Å². The number of amides is 1. The van der Waals surface area contributed by atoms with Crippen LogP contribution in [0.15, 0.2) is 52.9 Å². The third kappa shape index (κ3) is 3.36. The summed E-state index contributed by atoms with van der Waals surface area (Å²) in [7, 11) is 1.60. The van der Waals surface area contributed by atoms with Gasteiger partial charge < -0.3 is 4.74 Å². The number of aromatic amines is 1. The SMILES string of the molecule is COc1ccccc1-c1cc(C(=O)N/N=C(/C)c2cccs2)[nH]n1. The van der Waals surface area contributed by atoms with E-state index < -0.39 is 0 Å². The van der Waals surface area contributed by atoms with Crippen LogP contribution < -0.4 is 10.2 Å². The molecule has 0 radical (unpaired) electrons. The highest BCUT2D eigenvalue weighted by Gasteiger charge is 2.13. The molecular formula is C17H16N4O2S. The number of benzene rings is 1. The van der Waals surface area contributed by atoms with Gasteiger partial charge in [-0.05, 0) is 36.6 Å². The van der Waals surface area contributed by atoms with E-state index in [1.54, 1.807) is 24.5 Å². The van der Waals surface area contributed by atoms with Gasteiger partial charge >= 0.3 is 0 Å². The van der Waals surface area contributed by atoms with Gasteiger partial charge in [-0.25, -0.2) is 5.43 Å². The predicted molar refractivity (Wildman–Crippen MR) is 94.6 cm³/mol. The standard InChI is InChI=1S/C17H16N4O2S/c1-11(16-8-5-9-24-16)18-21-17(22)14-10-13(19-20-14)12-6-3-4-7-15(12)23-2/h3-10H,1-2H3,(H,19,20)(H,21,22)/b18-11-. The van der Waals surface area contributed by atoms with Gasteiger partial charge in [-0.1, -0.05) is 18.2 Å². The van der Waals surface area contributed by atoms with E-state index in [-0.39, 0.29) is 5.91 Å². The van der Waals surface area contributed by atoms with Crippen LogP contribution in [0.3, 0.4) is 0 Å². The lowest BCUT2D eigenvalue weighted by molar-refractivity contribution is 0.0950. The smallest absolute Gasteiger partial charge is 0.289 e. The zero-order valence-electron chi connectivity index (χ0n) is 13.2. The predicted octanol–water partition coefficient (Wildman–Crippen LogP) is 3.30. The highest BCUT2D eigenvalue weighted by Crippen LogP contribution is 2.28. The van der Waals surface area contributed by atoms with Crippen LogP contribution in [0.25, 0.3) is 11.3 Å². The third-order valence-corrected chi connectivity index (χ3v) is 4.39. The average molecular weight is 340 g/mol. The Hall–Kier alpha value is -2.93.